The zero-order chi connectivity index (χ0) is 83.1. The van der Waals surface area contributed by atoms with Crippen LogP contribution in [0.4, 0.5) is 39.8 Å². The third kappa shape index (κ3) is 19.5. The van der Waals surface area contributed by atoms with Gasteiger partial charge in [-0.05, 0) is 355 Å². The summed E-state index contributed by atoms with van der Waals surface area (Å²) in [5.74, 6) is 0. The third-order valence-electron chi connectivity index (χ3n) is 22.0. The van der Waals surface area contributed by atoms with Gasteiger partial charge in [-0.3, -0.25) is 34.9 Å². The van der Waals surface area contributed by atoms with E-state index in [1.54, 1.807) is 0 Å². The summed E-state index contributed by atoms with van der Waals surface area (Å²) in [6, 6.07) is 139. The number of benzene rings is 17. The molecule has 0 atom stereocenters. The third-order valence-corrected chi connectivity index (χ3v) is 22.0. The van der Waals surface area contributed by atoms with Crippen LogP contribution < -0.4 is 0 Å². The van der Waals surface area contributed by atoms with Gasteiger partial charge in [0.1, 0.15) is 0 Å². The largest absolute Gasteiger partial charge is 0.262 e. The maximum absolute atomic E-state index is 5.00. The van der Waals surface area contributed by atoms with Crippen molar-refractivity contribution in [3.63, 3.8) is 0 Å². The van der Waals surface area contributed by atoms with Crippen LogP contribution in [0, 0.1) is 20.8 Å². The summed E-state index contributed by atoms with van der Waals surface area (Å²) >= 11 is 0. The number of aliphatic imine (C=N–C) groups is 7. The molecule has 17 aromatic rings. The minimum Gasteiger partial charge on any atom is -0.262 e. The topological polar surface area (TPSA) is 86.5 Å². The van der Waals surface area contributed by atoms with Crippen molar-refractivity contribution in [1.82, 2.24) is 0 Å². The van der Waals surface area contributed by atoms with E-state index in [2.05, 4.69) is 412 Å². The van der Waals surface area contributed by atoms with Gasteiger partial charge in [0.2, 0.25) is 0 Å². The smallest absolute Gasteiger partial charge is 0.0630 e. The lowest BCUT2D eigenvalue weighted by atomic mass is 9.92. The quantitative estimate of drug-likeness (QED) is 0.0572. The number of aryl methyl sites for hydroxylation is 3. The first-order chi connectivity index (χ1) is 59.9. The molecule has 0 aliphatic carbocycles. The zero-order valence-electron chi connectivity index (χ0n) is 69.1. The van der Waals surface area contributed by atoms with E-state index in [-0.39, 0.29) is 0 Å². The van der Waals surface area contributed by atoms with Crippen molar-refractivity contribution < 1.29 is 0 Å². The lowest BCUT2D eigenvalue weighted by molar-refractivity contribution is 1.44. The standard InChI is InChI=1S/C115H89N7/c1-7-116-109-50-36-91(37-51-109)103-68-104(92-38-52-110(53-39-92)117-8-2)70-106(69-103)94-42-56-113(57-43-94)120-75-82-20-32-89(33-21-82)101-64-98(86-26-12-79(5)13-27-86)65-102(67-101)90-34-22-84(23-35-90)77-122-115-60-46-96(47-61-115)108-72-105(93-40-54-111(55-41-93)118-9-3)71-107(73-108)95-44-58-114(59-45-95)121-76-83-18-30-88(31-19-83)100-63-97(85-24-10-78(4)11-25-85)62-99(66-100)87-28-16-81(17-29-87)74-119-112-48-14-80(6)15-49-112/h7-77H,1-6H3. The van der Waals surface area contributed by atoms with Crippen LogP contribution in [0.3, 0.4) is 0 Å². The first-order valence-electron chi connectivity index (χ1n) is 41.4. The Bertz CT molecular complexity index is 6690. The van der Waals surface area contributed by atoms with Crippen LogP contribution in [0.2, 0.25) is 0 Å². The predicted octanol–water partition coefficient (Wildman–Crippen LogP) is 31.8. The van der Waals surface area contributed by atoms with Crippen molar-refractivity contribution in [3.05, 3.63) is 427 Å². The van der Waals surface area contributed by atoms with Crippen LogP contribution in [0.1, 0.15) is 59.7 Å². The van der Waals surface area contributed by atoms with Crippen LogP contribution in [0.15, 0.2) is 423 Å². The molecule has 0 saturated carbocycles. The van der Waals surface area contributed by atoms with Gasteiger partial charge in [0.25, 0.3) is 0 Å². The Labute approximate surface area is 715 Å². The fourth-order valence-corrected chi connectivity index (χ4v) is 15.2. The Morgan fingerprint density at radius 2 is 0.246 bits per heavy atom. The summed E-state index contributed by atoms with van der Waals surface area (Å²) in [5.41, 5.74) is 41.1. The lowest BCUT2D eigenvalue weighted by Crippen LogP contribution is -1.88. The summed E-state index contributed by atoms with van der Waals surface area (Å²) in [4.78, 5) is 33.1. The van der Waals surface area contributed by atoms with Gasteiger partial charge in [-0.15, -0.1) is 0 Å². The number of hydrogen-bond donors (Lipinski definition) is 0. The molecule has 0 spiro atoms. The first-order valence-corrected chi connectivity index (χ1v) is 41.4. The van der Waals surface area contributed by atoms with Crippen LogP contribution >= 0.6 is 0 Å². The minimum absolute atomic E-state index is 0.863. The van der Waals surface area contributed by atoms with Crippen LogP contribution in [-0.2, 0) is 0 Å². The summed E-state index contributed by atoms with van der Waals surface area (Å²) in [7, 11) is 0. The molecule has 0 N–H and O–H groups in total. The monoisotopic (exact) mass is 1570 g/mol. The second-order valence-electron chi connectivity index (χ2n) is 30.7. The van der Waals surface area contributed by atoms with E-state index in [4.69, 9.17) is 20.0 Å². The maximum Gasteiger partial charge on any atom is 0.0630 e. The highest BCUT2D eigenvalue weighted by atomic mass is 14.7. The summed E-state index contributed by atoms with van der Waals surface area (Å²) in [5, 5.41) is 0. The van der Waals surface area contributed by atoms with E-state index >= 15 is 0 Å². The highest BCUT2D eigenvalue weighted by Gasteiger charge is 2.15. The van der Waals surface area contributed by atoms with Crippen LogP contribution in [0.5, 0.6) is 0 Å². The van der Waals surface area contributed by atoms with Gasteiger partial charge in [-0.1, -0.05) is 247 Å². The molecule has 0 aliphatic heterocycles. The van der Waals surface area contributed by atoms with E-state index in [0.29, 0.717) is 0 Å². The van der Waals surface area contributed by atoms with Crippen LogP contribution in [0.25, 0.3) is 134 Å². The Hall–Kier alpha value is -15.6. The molecule has 0 amide bonds. The Morgan fingerprint density at radius 1 is 0.131 bits per heavy atom. The lowest BCUT2D eigenvalue weighted by Gasteiger charge is -2.12. The van der Waals surface area contributed by atoms with Gasteiger partial charge in [0.15, 0.2) is 0 Å². The summed E-state index contributed by atoms with van der Waals surface area (Å²) in [6.07, 6.45) is 13.2. The molecule has 122 heavy (non-hydrogen) atoms. The van der Waals surface area contributed by atoms with Crippen LogP contribution in [-0.4, -0.2) is 43.5 Å². The van der Waals surface area contributed by atoms with E-state index in [1.165, 1.54) is 27.8 Å². The zero-order valence-corrected chi connectivity index (χ0v) is 69.1. The second-order valence-corrected chi connectivity index (χ2v) is 30.7. The molecule has 0 radical (unpaired) electrons. The molecule has 7 nitrogen and oxygen atoms in total. The van der Waals surface area contributed by atoms with Gasteiger partial charge >= 0.3 is 0 Å². The molecule has 0 fully saturated rings. The maximum atomic E-state index is 5.00. The Morgan fingerprint density at radius 3 is 0.393 bits per heavy atom. The van der Waals surface area contributed by atoms with E-state index in [0.717, 1.165) is 184 Å². The van der Waals surface area contributed by atoms with Gasteiger partial charge in [-0.25, -0.2) is 0 Å². The minimum atomic E-state index is 0.863. The summed E-state index contributed by atoms with van der Waals surface area (Å²) < 4.78 is 0. The van der Waals surface area contributed by atoms with Gasteiger partial charge in [0.05, 0.1) is 39.8 Å². The first kappa shape index (κ1) is 78.9. The molecule has 7 heteroatoms. The van der Waals surface area contributed by atoms with Gasteiger partial charge in [0, 0.05) is 43.5 Å². The van der Waals surface area contributed by atoms with Crippen molar-refractivity contribution in [2.45, 2.75) is 41.5 Å². The SMILES string of the molecule is CC=Nc1ccc(-c2cc(-c3ccc(N=CC)cc3)cc(-c3ccc(N=Cc4ccc(-c5cc(-c6ccc(C)cc6)cc(-c6ccc(C=Nc7ccc(-c8cc(-c9ccc(N=CC)cc9)cc(-c9ccc(N=Cc%10ccc(-c%11cc(-c%12ccc(C)cc%12)cc(-c%12ccc(C=Nc%13ccc(C)cc%13)cc%12)c%11)cc%10)cc9)c8)cc7)cc6)c5)cc4)cc3)c2)cc1. The van der Waals surface area contributed by atoms with Crippen molar-refractivity contribution in [2.24, 2.45) is 34.9 Å². The fourth-order valence-electron chi connectivity index (χ4n) is 15.2. The molecule has 0 saturated heterocycles. The van der Waals surface area contributed by atoms with Gasteiger partial charge in [-0.2, -0.15) is 0 Å². The van der Waals surface area contributed by atoms with E-state index < -0.39 is 0 Å². The predicted molar refractivity (Wildman–Crippen MR) is 522 cm³/mol. The normalized spacial score (nSPS) is 11.8. The molecule has 0 aromatic heterocycles. The Balaban J connectivity index is 0.571. The highest BCUT2D eigenvalue weighted by molar-refractivity contribution is 5.92. The Kier molecular flexibility index (Phi) is 23.9. The molecule has 0 bridgehead atoms. The van der Waals surface area contributed by atoms with Crippen molar-refractivity contribution in [3.8, 4) is 134 Å². The number of nitrogens with zero attached hydrogens (tertiary/aromatic N) is 7. The molecule has 0 unspecified atom stereocenters. The molecule has 584 valence electrons. The molecule has 17 aromatic carbocycles. The molecular formula is C115H89N7. The molecule has 0 aliphatic rings. The second kappa shape index (κ2) is 36.9. The average molecular weight is 1570 g/mol. The number of hydrogen-bond acceptors (Lipinski definition) is 7. The molecule has 17 rings (SSSR count). The number of rotatable bonds is 23. The van der Waals surface area contributed by atoms with Gasteiger partial charge < -0.3 is 0 Å². The van der Waals surface area contributed by atoms with E-state index in [1.807, 2.05) is 76.4 Å². The highest BCUT2D eigenvalue weighted by Crippen LogP contribution is 2.41. The van der Waals surface area contributed by atoms with Crippen molar-refractivity contribution >= 4 is 83.3 Å². The average Bonchev–Trinajstić information content (AvgIpc) is 0.811. The van der Waals surface area contributed by atoms with Crippen molar-refractivity contribution in [2.75, 3.05) is 0 Å². The summed E-state index contributed by atoms with van der Waals surface area (Å²) in [6.45, 7) is 12.2. The van der Waals surface area contributed by atoms with E-state index in [9.17, 15) is 0 Å². The van der Waals surface area contributed by atoms with Crippen molar-refractivity contribution in [1.29, 1.82) is 0 Å². The molecule has 0 heterocycles. The molecular weight excluding hydrogens is 1480 g/mol. The fraction of sp³-hybridized carbons (Fsp3) is 0.0522.